The van der Waals surface area contributed by atoms with Crippen molar-refractivity contribution < 1.29 is 32.2 Å². The maximum absolute atomic E-state index is 12.5. The van der Waals surface area contributed by atoms with E-state index in [1.54, 1.807) is 18.2 Å². The van der Waals surface area contributed by atoms with E-state index in [4.69, 9.17) is 9.47 Å². The molecular formula is C18H17F3N2O4. The molecule has 0 heterocycles. The van der Waals surface area contributed by atoms with Gasteiger partial charge in [0.25, 0.3) is 0 Å². The molecule has 6 nitrogen and oxygen atoms in total. The van der Waals surface area contributed by atoms with Crippen LogP contribution in [0.25, 0.3) is 0 Å². The van der Waals surface area contributed by atoms with Gasteiger partial charge in [0.05, 0.1) is 19.8 Å². The molecule has 2 aromatic rings. The van der Waals surface area contributed by atoms with Gasteiger partial charge in [0, 0.05) is 12.2 Å². The third-order valence-electron chi connectivity index (χ3n) is 3.58. The standard InChI is InChI=1S/C18H17F3N2O4/c1-26-14-8-3-11(9-15(14)27-2)10-22-16(24)17(25)23-13-6-4-12(5-7-13)18(19,20)21/h3-9H,10H2,1-2H3,(H,22,24)(H,23,25). The zero-order chi connectivity index (χ0) is 20.0. The SMILES string of the molecule is COc1ccc(CNC(=O)C(=O)Nc2ccc(C(F)(F)F)cc2)cc1OC. The van der Waals surface area contributed by atoms with Crippen molar-refractivity contribution in [1.82, 2.24) is 5.32 Å². The molecule has 0 bridgehead atoms. The summed E-state index contributed by atoms with van der Waals surface area (Å²) in [5.41, 5.74) is -0.101. The molecule has 9 heteroatoms. The van der Waals surface area contributed by atoms with Crippen LogP contribution in [0.4, 0.5) is 18.9 Å². The first kappa shape index (κ1) is 20.1. The Morgan fingerprint density at radius 1 is 0.926 bits per heavy atom. The maximum atomic E-state index is 12.5. The van der Waals surface area contributed by atoms with Crippen LogP contribution in [0.3, 0.4) is 0 Å². The van der Waals surface area contributed by atoms with Gasteiger partial charge in [0.1, 0.15) is 0 Å². The minimum atomic E-state index is -4.47. The topological polar surface area (TPSA) is 76.7 Å². The highest BCUT2D eigenvalue weighted by Gasteiger charge is 2.30. The molecule has 27 heavy (non-hydrogen) atoms. The van der Waals surface area contributed by atoms with Gasteiger partial charge in [-0.15, -0.1) is 0 Å². The molecule has 144 valence electrons. The number of nitrogens with one attached hydrogen (secondary N) is 2. The van der Waals surface area contributed by atoms with Gasteiger partial charge in [-0.1, -0.05) is 6.07 Å². The Kier molecular flexibility index (Phi) is 6.27. The van der Waals surface area contributed by atoms with Crippen molar-refractivity contribution in [2.24, 2.45) is 0 Å². The fraction of sp³-hybridized carbons (Fsp3) is 0.222. The Balaban J connectivity index is 1.93. The summed E-state index contributed by atoms with van der Waals surface area (Å²) in [7, 11) is 2.96. The van der Waals surface area contributed by atoms with E-state index in [0.717, 1.165) is 24.3 Å². The summed E-state index contributed by atoms with van der Waals surface area (Å²) in [6.07, 6.45) is -4.47. The number of halogens is 3. The van der Waals surface area contributed by atoms with E-state index in [9.17, 15) is 22.8 Å². The lowest BCUT2D eigenvalue weighted by atomic mass is 10.2. The van der Waals surface area contributed by atoms with Crippen molar-refractivity contribution in [3.05, 3.63) is 53.6 Å². The number of methoxy groups -OCH3 is 2. The number of anilines is 1. The Morgan fingerprint density at radius 2 is 1.56 bits per heavy atom. The quantitative estimate of drug-likeness (QED) is 0.780. The smallest absolute Gasteiger partial charge is 0.416 e. The molecule has 2 amide bonds. The lowest BCUT2D eigenvalue weighted by Crippen LogP contribution is -2.34. The molecule has 0 aliphatic rings. The van der Waals surface area contributed by atoms with Crippen LogP contribution in [-0.4, -0.2) is 26.0 Å². The van der Waals surface area contributed by atoms with E-state index in [-0.39, 0.29) is 12.2 Å². The molecule has 0 aliphatic carbocycles. The fourth-order valence-corrected chi connectivity index (χ4v) is 2.18. The van der Waals surface area contributed by atoms with Crippen LogP contribution in [0.5, 0.6) is 11.5 Å². The van der Waals surface area contributed by atoms with Crippen molar-refractivity contribution in [3.8, 4) is 11.5 Å². The van der Waals surface area contributed by atoms with Crippen LogP contribution < -0.4 is 20.1 Å². The van der Waals surface area contributed by atoms with E-state index in [1.165, 1.54) is 14.2 Å². The van der Waals surface area contributed by atoms with Crippen molar-refractivity contribution in [1.29, 1.82) is 0 Å². The van der Waals surface area contributed by atoms with Crippen molar-refractivity contribution in [2.45, 2.75) is 12.7 Å². The highest BCUT2D eigenvalue weighted by atomic mass is 19.4. The second-order valence-electron chi connectivity index (χ2n) is 5.40. The lowest BCUT2D eigenvalue weighted by molar-refractivity contribution is -0.137. The maximum Gasteiger partial charge on any atom is 0.416 e. The molecule has 2 N–H and O–H groups in total. The van der Waals surface area contributed by atoms with Gasteiger partial charge < -0.3 is 20.1 Å². The van der Waals surface area contributed by atoms with E-state index in [2.05, 4.69) is 10.6 Å². The van der Waals surface area contributed by atoms with Crippen molar-refractivity contribution in [2.75, 3.05) is 19.5 Å². The van der Waals surface area contributed by atoms with E-state index in [1.807, 2.05) is 0 Å². The van der Waals surface area contributed by atoms with Crippen LogP contribution in [0.15, 0.2) is 42.5 Å². The van der Waals surface area contributed by atoms with Crippen LogP contribution in [0.2, 0.25) is 0 Å². The zero-order valence-corrected chi connectivity index (χ0v) is 14.5. The van der Waals surface area contributed by atoms with Crippen molar-refractivity contribution >= 4 is 17.5 Å². The molecule has 0 radical (unpaired) electrons. The second kappa shape index (κ2) is 8.43. The minimum Gasteiger partial charge on any atom is -0.493 e. The van der Waals surface area contributed by atoms with Crippen LogP contribution in [0, 0.1) is 0 Å². The normalized spacial score (nSPS) is 10.9. The van der Waals surface area contributed by atoms with Gasteiger partial charge in [-0.05, 0) is 42.0 Å². The number of rotatable bonds is 5. The number of ether oxygens (including phenoxy) is 2. The molecule has 0 saturated carbocycles. The molecule has 0 atom stereocenters. The van der Waals surface area contributed by atoms with Gasteiger partial charge >= 0.3 is 18.0 Å². The molecule has 0 aromatic heterocycles. The van der Waals surface area contributed by atoms with E-state index in [0.29, 0.717) is 17.1 Å². The minimum absolute atomic E-state index is 0.0552. The highest BCUT2D eigenvalue weighted by Crippen LogP contribution is 2.30. The molecule has 2 rings (SSSR count). The van der Waals surface area contributed by atoms with Gasteiger partial charge in [0.2, 0.25) is 0 Å². The highest BCUT2D eigenvalue weighted by molar-refractivity contribution is 6.39. The summed E-state index contributed by atoms with van der Waals surface area (Å²) in [4.78, 5) is 23.7. The summed E-state index contributed by atoms with van der Waals surface area (Å²) in [6, 6.07) is 8.77. The monoisotopic (exact) mass is 382 g/mol. The molecular weight excluding hydrogens is 365 g/mol. The average molecular weight is 382 g/mol. The first-order chi connectivity index (χ1) is 12.7. The Morgan fingerprint density at radius 3 is 2.11 bits per heavy atom. The fourth-order valence-electron chi connectivity index (χ4n) is 2.18. The number of hydrogen-bond donors (Lipinski definition) is 2. The average Bonchev–Trinajstić information content (AvgIpc) is 2.65. The molecule has 0 saturated heterocycles. The number of carbonyl (C=O) groups excluding carboxylic acids is 2. The molecule has 0 spiro atoms. The van der Waals surface area contributed by atoms with Gasteiger partial charge in [-0.3, -0.25) is 9.59 Å². The predicted molar refractivity (Wildman–Crippen MR) is 91.5 cm³/mol. The molecule has 0 fully saturated rings. The summed E-state index contributed by atoms with van der Waals surface area (Å²) >= 11 is 0. The van der Waals surface area contributed by atoms with E-state index >= 15 is 0 Å². The molecule has 0 unspecified atom stereocenters. The van der Waals surface area contributed by atoms with Crippen molar-refractivity contribution in [3.63, 3.8) is 0 Å². The lowest BCUT2D eigenvalue weighted by Gasteiger charge is -2.11. The first-order valence-corrected chi connectivity index (χ1v) is 7.72. The van der Waals surface area contributed by atoms with Crippen LogP contribution in [-0.2, 0) is 22.3 Å². The Labute approximate surface area is 153 Å². The molecule has 0 aliphatic heterocycles. The number of benzene rings is 2. The van der Waals surface area contributed by atoms with Crippen LogP contribution >= 0.6 is 0 Å². The predicted octanol–water partition coefficient (Wildman–Crippen LogP) is 2.98. The molecule has 2 aromatic carbocycles. The first-order valence-electron chi connectivity index (χ1n) is 7.72. The third-order valence-corrected chi connectivity index (χ3v) is 3.58. The number of amides is 2. The van der Waals surface area contributed by atoms with Gasteiger partial charge in [0.15, 0.2) is 11.5 Å². The number of carbonyl (C=O) groups is 2. The van der Waals surface area contributed by atoms with Crippen LogP contribution in [0.1, 0.15) is 11.1 Å². The van der Waals surface area contributed by atoms with Gasteiger partial charge in [-0.2, -0.15) is 13.2 Å². The van der Waals surface area contributed by atoms with E-state index < -0.39 is 23.6 Å². The zero-order valence-electron chi connectivity index (χ0n) is 14.5. The van der Waals surface area contributed by atoms with Gasteiger partial charge in [-0.25, -0.2) is 0 Å². The Hall–Kier alpha value is -3.23. The second-order valence-corrected chi connectivity index (χ2v) is 5.40. The summed E-state index contributed by atoms with van der Waals surface area (Å²) in [5, 5.41) is 4.65. The third kappa shape index (κ3) is 5.37. The Bertz CT molecular complexity index is 820. The summed E-state index contributed by atoms with van der Waals surface area (Å²) < 4.78 is 47.8. The summed E-state index contributed by atoms with van der Waals surface area (Å²) in [5.74, 6) is -0.925. The largest absolute Gasteiger partial charge is 0.493 e. The summed E-state index contributed by atoms with van der Waals surface area (Å²) in [6.45, 7) is 0.0552. The number of hydrogen-bond acceptors (Lipinski definition) is 4. The number of alkyl halides is 3.